The number of aromatic nitrogens is 1. The Morgan fingerprint density at radius 2 is 2.24 bits per heavy atom. The number of amides is 1. The van der Waals surface area contributed by atoms with Crippen LogP contribution in [0, 0.1) is 6.92 Å². The fourth-order valence-corrected chi connectivity index (χ4v) is 1.24. The number of hydrogen-bond donors (Lipinski definition) is 1. The number of aryl methyl sites for hydroxylation is 1. The van der Waals surface area contributed by atoms with Gasteiger partial charge in [0.15, 0.2) is 6.39 Å². The van der Waals surface area contributed by atoms with Gasteiger partial charge in [0.2, 0.25) is 5.76 Å². The summed E-state index contributed by atoms with van der Waals surface area (Å²) in [5, 5.41) is 8.64. The van der Waals surface area contributed by atoms with Crippen molar-refractivity contribution >= 4 is 5.91 Å². The smallest absolute Gasteiger partial charge is 0.406 e. The summed E-state index contributed by atoms with van der Waals surface area (Å²) >= 11 is 0. The normalized spacial score (nSPS) is 11.6. The Morgan fingerprint density at radius 3 is 2.65 bits per heavy atom. The van der Waals surface area contributed by atoms with Crippen LogP contribution in [0.5, 0.6) is 0 Å². The maximum absolute atomic E-state index is 12.2. The van der Waals surface area contributed by atoms with E-state index in [9.17, 15) is 18.0 Å². The molecule has 0 fully saturated rings. The van der Waals surface area contributed by atoms with Gasteiger partial charge in [0.1, 0.15) is 6.54 Å². The number of carbonyl (C=O) groups is 1. The minimum atomic E-state index is -4.53. The molecule has 0 saturated carbocycles. The molecule has 1 aromatic rings. The molecule has 0 atom stereocenters. The first-order valence-electron chi connectivity index (χ1n) is 4.72. The van der Waals surface area contributed by atoms with Crippen LogP contribution in [0.1, 0.15) is 16.2 Å². The Morgan fingerprint density at radius 1 is 1.59 bits per heavy atom. The van der Waals surface area contributed by atoms with Crippen molar-refractivity contribution in [2.24, 2.45) is 0 Å². The Balaban J connectivity index is 2.84. The van der Waals surface area contributed by atoms with Gasteiger partial charge in [0.05, 0.1) is 12.3 Å². The molecule has 0 unspecified atom stereocenters. The number of aliphatic hydroxyl groups is 1. The van der Waals surface area contributed by atoms with Gasteiger partial charge in [-0.1, -0.05) is 0 Å². The average Bonchev–Trinajstić information content (AvgIpc) is 2.61. The first-order chi connectivity index (χ1) is 7.85. The third kappa shape index (κ3) is 3.74. The predicted octanol–water partition coefficient (Wildman–Crippen LogP) is 0.980. The summed E-state index contributed by atoms with van der Waals surface area (Å²) in [5.74, 6) is -1.19. The topological polar surface area (TPSA) is 66.6 Å². The lowest BCUT2D eigenvalue weighted by Gasteiger charge is -2.21. The Kier molecular flexibility index (Phi) is 4.11. The molecule has 8 heteroatoms. The zero-order valence-electron chi connectivity index (χ0n) is 8.99. The van der Waals surface area contributed by atoms with Gasteiger partial charge in [-0.15, -0.1) is 0 Å². The van der Waals surface area contributed by atoms with E-state index in [-0.39, 0.29) is 11.5 Å². The third-order valence-electron chi connectivity index (χ3n) is 1.97. The fraction of sp³-hybridized carbons (Fsp3) is 0.556. The van der Waals surface area contributed by atoms with Gasteiger partial charge in [0.25, 0.3) is 5.91 Å². The quantitative estimate of drug-likeness (QED) is 0.867. The van der Waals surface area contributed by atoms with E-state index in [0.717, 1.165) is 6.39 Å². The lowest BCUT2D eigenvalue weighted by molar-refractivity contribution is -0.141. The first-order valence-corrected chi connectivity index (χ1v) is 4.72. The predicted molar refractivity (Wildman–Crippen MR) is 50.3 cm³/mol. The number of oxazole rings is 1. The van der Waals surface area contributed by atoms with Crippen LogP contribution in [0.15, 0.2) is 10.8 Å². The van der Waals surface area contributed by atoms with Crippen molar-refractivity contribution in [3.05, 3.63) is 17.8 Å². The molecule has 1 aromatic heterocycles. The van der Waals surface area contributed by atoms with Crippen LogP contribution in [-0.4, -0.2) is 46.8 Å². The highest BCUT2D eigenvalue weighted by atomic mass is 19.4. The summed E-state index contributed by atoms with van der Waals surface area (Å²) in [5.41, 5.74) is 0.208. The molecule has 1 N–H and O–H groups in total. The van der Waals surface area contributed by atoms with Crippen LogP contribution in [0.25, 0.3) is 0 Å². The molecule has 0 saturated heterocycles. The first kappa shape index (κ1) is 13.5. The second-order valence-electron chi connectivity index (χ2n) is 3.33. The van der Waals surface area contributed by atoms with E-state index >= 15 is 0 Å². The fourth-order valence-electron chi connectivity index (χ4n) is 1.24. The molecule has 0 aliphatic rings. The Labute approximate surface area is 94.8 Å². The second-order valence-corrected chi connectivity index (χ2v) is 3.33. The molecule has 17 heavy (non-hydrogen) atoms. The van der Waals surface area contributed by atoms with Crippen LogP contribution in [0.4, 0.5) is 13.2 Å². The van der Waals surface area contributed by atoms with Crippen molar-refractivity contribution in [1.29, 1.82) is 0 Å². The molecule has 1 amide bonds. The molecular formula is C9H11F3N2O3. The van der Waals surface area contributed by atoms with Gasteiger partial charge in [-0.25, -0.2) is 4.98 Å². The van der Waals surface area contributed by atoms with Crippen molar-refractivity contribution in [3.8, 4) is 0 Å². The number of rotatable bonds is 4. The Hall–Kier alpha value is -1.57. The van der Waals surface area contributed by atoms with Crippen molar-refractivity contribution < 1.29 is 27.5 Å². The van der Waals surface area contributed by atoms with Gasteiger partial charge in [0, 0.05) is 6.54 Å². The molecule has 1 rings (SSSR count). The summed E-state index contributed by atoms with van der Waals surface area (Å²) in [7, 11) is 0. The molecular weight excluding hydrogens is 241 g/mol. The second kappa shape index (κ2) is 5.17. The van der Waals surface area contributed by atoms with Crippen LogP contribution in [0.2, 0.25) is 0 Å². The summed E-state index contributed by atoms with van der Waals surface area (Å²) in [6.07, 6.45) is -3.55. The van der Waals surface area contributed by atoms with Crippen molar-refractivity contribution in [2.75, 3.05) is 19.7 Å². The molecule has 0 aliphatic carbocycles. The summed E-state index contributed by atoms with van der Waals surface area (Å²) in [6, 6.07) is 0. The molecule has 0 aliphatic heterocycles. The van der Waals surface area contributed by atoms with Crippen molar-refractivity contribution in [1.82, 2.24) is 9.88 Å². The molecule has 0 bridgehead atoms. The molecule has 0 aromatic carbocycles. The number of nitrogens with zero attached hydrogens (tertiary/aromatic N) is 2. The zero-order valence-corrected chi connectivity index (χ0v) is 8.99. The minimum absolute atomic E-state index is 0.208. The van der Waals surface area contributed by atoms with Crippen LogP contribution in [0.3, 0.4) is 0 Å². The minimum Gasteiger partial charge on any atom is -0.438 e. The SMILES string of the molecule is Cc1ncoc1C(=O)N(CCO)CC(F)(F)F. The lowest BCUT2D eigenvalue weighted by atomic mass is 10.3. The van der Waals surface area contributed by atoms with Gasteiger partial charge in [-0.2, -0.15) is 13.2 Å². The standard InChI is InChI=1S/C9H11F3N2O3/c1-6-7(17-5-13-6)8(16)14(2-3-15)4-9(10,11)12/h5,15H,2-4H2,1H3. The van der Waals surface area contributed by atoms with Crippen LogP contribution >= 0.6 is 0 Å². The van der Waals surface area contributed by atoms with E-state index in [1.165, 1.54) is 6.92 Å². The number of alkyl halides is 3. The Bertz CT molecular complexity index is 389. The number of halogens is 3. The highest BCUT2D eigenvalue weighted by Gasteiger charge is 2.34. The largest absolute Gasteiger partial charge is 0.438 e. The van der Waals surface area contributed by atoms with E-state index < -0.39 is 31.8 Å². The van der Waals surface area contributed by atoms with Crippen molar-refractivity contribution in [3.63, 3.8) is 0 Å². The highest BCUT2D eigenvalue weighted by Crippen LogP contribution is 2.18. The van der Waals surface area contributed by atoms with E-state index in [4.69, 9.17) is 9.52 Å². The summed E-state index contributed by atoms with van der Waals surface area (Å²) < 4.78 is 41.3. The molecule has 0 radical (unpaired) electrons. The average molecular weight is 252 g/mol. The van der Waals surface area contributed by atoms with Crippen molar-refractivity contribution in [2.45, 2.75) is 13.1 Å². The molecule has 96 valence electrons. The van der Waals surface area contributed by atoms with Gasteiger partial charge in [-0.3, -0.25) is 4.79 Å². The van der Waals surface area contributed by atoms with Gasteiger partial charge >= 0.3 is 6.18 Å². The third-order valence-corrected chi connectivity index (χ3v) is 1.97. The van der Waals surface area contributed by atoms with Crippen LogP contribution in [-0.2, 0) is 0 Å². The van der Waals surface area contributed by atoms with E-state index in [1.807, 2.05) is 0 Å². The number of hydrogen-bond acceptors (Lipinski definition) is 4. The summed E-state index contributed by atoms with van der Waals surface area (Å²) in [4.78, 5) is 15.8. The molecule has 1 heterocycles. The van der Waals surface area contributed by atoms with E-state index in [0.29, 0.717) is 4.90 Å². The zero-order chi connectivity index (χ0) is 13.1. The van der Waals surface area contributed by atoms with E-state index in [2.05, 4.69) is 4.98 Å². The highest BCUT2D eigenvalue weighted by molar-refractivity contribution is 5.92. The van der Waals surface area contributed by atoms with Gasteiger partial charge < -0.3 is 14.4 Å². The number of aliphatic hydroxyl groups excluding tert-OH is 1. The van der Waals surface area contributed by atoms with Crippen LogP contribution < -0.4 is 0 Å². The summed E-state index contributed by atoms with van der Waals surface area (Å²) in [6.45, 7) is -0.971. The van der Waals surface area contributed by atoms with Gasteiger partial charge in [-0.05, 0) is 6.92 Å². The lowest BCUT2D eigenvalue weighted by Crippen LogP contribution is -2.40. The molecule has 0 spiro atoms. The number of carbonyl (C=O) groups excluding carboxylic acids is 1. The maximum Gasteiger partial charge on any atom is 0.406 e. The molecule has 5 nitrogen and oxygen atoms in total. The monoisotopic (exact) mass is 252 g/mol. The maximum atomic E-state index is 12.2. The van der Waals surface area contributed by atoms with E-state index in [1.54, 1.807) is 0 Å².